The molecule has 0 aliphatic carbocycles. The van der Waals surface area contributed by atoms with E-state index in [2.05, 4.69) is 13.2 Å². The van der Waals surface area contributed by atoms with Crippen molar-refractivity contribution in [1.82, 2.24) is 0 Å². The molecule has 2 heteroatoms. The first-order valence-electron chi connectivity index (χ1n) is 3.35. The van der Waals surface area contributed by atoms with Crippen LogP contribution in [0.15, 0.2) is 25.3 Å². The average Bonchev–Trinajstić information content (AvgIpc) is 2.73. The lowest BCUT2D eigenvalue weighted by atomic mass is 10.3. The van der Waals surface area contributed by atoms with E-state index in [-0.39, 0.29) is 12.2 Å². The van der Waals surface area contributed by atoms with Crippen LogP contribution in [0.25, 0.3) is 0 Å². The average molecular weight is 140 g/mol. The summed E-state index contributed by atoms with van der Waals surface area (Å²) in [6.07, 6.45) is 3.79. The van der Waals surface area contributed by atoms with E-state index in [9.17, 15) is 0 Å². The topological polar surface area (TPSA) is 21.8 Å². The Kier molecular flexibility index (Phi) is 2.66. The van der Waals surface area contributed by atoms with Crippen LogP contribution in [0.3, 0.4) is 0 Å². The maximum absolute atomic E-state index is 5.30. The van der Waals surface area contributed by atoms with Gasteiger partial charge in [-0.2, -0.15) is 0 Å². The molecule has 0 aromatic carbocycles. The van der Waals surface area contributed by atoms with Gasteiger partial charge in [-0.15, -0.1) is 13.2 Å². The highest BCUT2D eigenvalue weighted by atomic mass is 16.6. The van der Waals surface area contributed by atoms with Crippen LogP contribution in [0.1, 0.15) is 0 Å². The summed E-state index contributed by atoms with van der Waals surface area (Å²) in [7, 11) is 0. The SMILES string of the molecule is C=CCOC(C=C)C1CO1. The number of rotatable bonds is 5. The van der Waals surface area contributed by atoms with E-state index in [1.54, 1.807) is 12.2 Å². The molecule has 1 rings (SSSR count). The quantitative estimate of drug-likeness (QED) is 0.422. The van der Waals surface area contributed by atoms with Gasteiger partial charge >= 0.3 is 0 Å². The van der Waals surface area contributed by atoms with Crippen molar-refractivity contribution in [2.24, 2.45) is 0 Å². The van der Waals surface area contributed by atoms with Gasteiger partial charge in [0.1, 0.15) is 12.2 Å². The van der Waals surface area contributed by atoms with Crippen molar-refractivity contribution < 1.29 is 9.47 Å². The molecule has 1 saturated heterocycles. The molecule has 2 unspecified atom stereocenters. The molecule has 0 radical (unpaired) electrons. The van der Waals surface area contributed by atoms with Gasteiger partial charge in [-0.3, -0.25) is 0 Å². The Balaban J connectivity index is 2.18. The fraction of sp³-hybridized carbons (Fsp3) is 0.500. The standard InChI is InChI=1S/C8H12O2/c1-3-5-9-7(4-2)8-6-10-8/h3-4,7-8H,1-2,5-6H2. The molecule has 0 amide bonds. The second-order valence-electron chi connectivity index (χ2n) is 2.19. The van der Waals surface area contributed by atoms with E-state index in [0.29, 0.717) is 6.61 Å². The number of ether oxygens (including phenoxy) is 2. The molecule has 0 spiro atoms. The zero-order valence-electron chi connectivity index (χ0n) is 5.95. The highest BCUT2D eigenvalue weighted by Crippen LogP contribution is 2.17. The predicted molar refractivity (Wildman–Crippen MR) is 39.9 cm³/mol. The number of hydrogen-bond acceptors (Lipinski definition) is 2. The van der Waals surface area contributed by atoms with Crippen molar-refractivity contribution >= 4 is 0 Å². The normalized spacial score (nSPS) is 25.4. The monoisotopic (exact) mass is 140 g/mol. The van der Waals surface area contributed by atoms with Gasteiger partial charge in [0.2, 0.25) is 0 Å². The lowest BCUT2D eigenvalue weighted by molar-refractivity contribution is 0.0857. The molecule has 0 aromatic rings. The molecule has 2 nitrogen and oxygen atoms in total. The van der Waals surface area contributed by atoms with E-state index >= 15 is 0 Å². The van der Waals surface area contributed by atoms with Crippen molar-refractivity contribution in [1.29, 1.82) is 0 Å². The Morgan fingerprint density at radius 2 is 2.40 bits per heavy atom. The number of epoxide rings is 1. The van der Waals surface area contributed by atoms with Gasteiger partial charge in [0, 0.05) is 0 Å². The summed E-state index contributed by atoms with van der Waals surface area (Å²) in [5, 5.41) is 0. The molecule has 56 valence electrons. The predicted octanol–water partition coefficient (Wildman–Crippen LogP) is 1.14. The summed E-state index contributed by atoms with van der Waals surface area (Å²) >= 11 is 0. The Labute approximate surface area is 61.1 Å². The zero-order valence-corrected chi connectivity index (χ0v) is 5.95. The van der Waals surface area contributed by atoms with Gasteiger partial charge in [-0.1, -0.05) is 12.2 Å². The summed E-state index contributed by atoms with van der Waals surface area (Å²) in [5.41, 5.74) is 0. The van der Waals surface area contributed by atoms with E-state index < -0.39 is 0 Å². The van der Waals surface area contributed by atoms with Crippen molar-refractivity contribution in [3.63, 3.8) is 0 Å². The third-order valence-corrected chi connectivity index (χ3v) is 1.36. The summed E-state index contributed by atoms with van der Waals surface area (Å²) in [6, 6.07) is 0. The lowest BCUT2D eigenvalue weighted by Crippen LogP contribution is -2.16. The van der Waals surface area contributed by atoms with E-state index in [0.717, 1.165) is 6.61 Å². The summed E-state index contributed by atoms with van der Waals surface area (Å²) in [5.74, 6) is 0. The molecule has 0 aromatic heterocycles. The van der Waals surface area contributed by atoms with Crippen LogP contribution in [0, 0.1) is 0 Å². The van der Waals surface area contributed by atoms with Gasteiger partial charge in [0.05, 0.1) is 13.2 Å². The third kappa shape index (κ3) is 1.97. The van der Waals surface area contributed by atoms with Gasteiger partial charge in [-0.05, 0) is 0 Å². The Hall–Kier alpha value is -0.600. The van der Waals surface area contributed by atoms with Crippen LogP contribution in [0.5, 0.6) is 0 Å². The molecule has 0 saturated carbocycles. The van der Waals surface area contributed by atoms with Crippen LogP contribution in [-0.4, -0.2) is 25.4 Å². The van der Waals surface area contributed by atoms with Crippen LogP contribution >= 0.6 is 0 Å². The molecule has 1 heterocycles. The largest absolute Gasteiger partial charge is 0.370 e. The molecule has 2 atom stereocenters. The summed E-state index contributed by atoms with van der Waals surface area (Å²) in [6.45, 7) is 8.55. The Morgan fingerprint density at radius 3 is 2.80 bits per heavy atom. The first-order valence-corrected chi connectivity index (χ1v) is 3.35. The van der Waals surface area contributed by atoms with Gasteiger partial charge in [-0.25, -0.2) is 0 Å². The first kappa shape index (κ1) is 7.51. The highest BCUT2D eigenvalue weighted by molar-refractivity contribution is 4.93. The van der Waals surface area contributed by atoms with E-state index in [4.69, 9.17) is 9.47 Å². The molecule has 1 aliphatic heterocycles. The fourth-order valence-corrected chi connectivity index (χ4v) is 0.752. The van der Waals surface area contributed by atoms with Crippen molar-refractivity contribution in [2.45, 2.75) is 12.2 Å². The minimum atomic E-state index is 0.0537. The minimum absolute atomic E-state index is 0.0537. The van der Waals surface area contributed by atoms with Crippen LogP contribution in [0.4, 0.5) is 0 Å². The van der Waals surface area contributed by atoms with Crippen LogP contribution < -0.4 is 0 Å². The molecule has 1 fully saturated rings. The summed E-state index contributed by atoms with van der Waals surface area (Å²) < 4.78 is 10.3. The van der Waals surface area contributed by atoms with E-state index in [1.807, 2.05) is 0 Å². The molecular weight excluding hydrogens is 128 g/mol. The highest BCUT2D eigenvalue weighted by Gasteiger charge is 2.30. The van der Waals surface area contributed by atoms with Crippen LogP contribution in [-0.2, 0) is 9.47 Å². The zero-order chi connectivity index (χ0) is 7.40. The summed E-state index contributed by atoms with van der Waals surface area (Å²) in [4.78, 5) is 0. The molecule has 0 N–H and O–H groups in total. The van der Waals surface area contributed by atoms with Gasteiger partial charge in [0.25, 0.3) is 0 Å². The van der Waals surface area contributed by atoms with Gasteiger partial charge in [0.15, 0.2) is 0 Å². The smallest absolute Gasteiger partial charge is 0.111 e. The second-order valence-corrected chi connectivity index (χ2v) is 2.19. The van der Waals surface area contributed by atoms with Gasteiger partial charge < -0.3 is 9.47 Å². The lowest BCUT2D eigenvalue weighted by Gasteiger charge is -2.07. The maximum atomic E-state index is 5.30. The molecule has 10 heavy (non-hydrogen) atoms. The Morgan fingerprint density at radius 1 is 1.70 bits per heavy atom. The molecule has 0 bridgehead atoms. The van der Waals surface area contributed by atoms with Crippen molar-refractivity contribution in [3.05, 3.63) is 25.3 Å². The van der Waals surface area contributed by atoms with Crippen LogP contribution in [0.2, 0.25) is 0 Å². The molecule has 1 aliphatic rings. The van der Waals surface area contributed by atoms with Crippen molar-refractivity contribution in [3.8, 4) is 0 Å². The maximum Gasteiger partial charge on any atom is 0.111 e. The van der Waals surface area contributed by atoms with E-state index in [1.165, 1.54) is 0 Å². The Bertz CT molecular complexity index is 127. The second kappa shape index (κ2) is 3.54. The number of hydrogen-bond donors (Lipinski definition) is 0. The first-order chi connectivity index (χ1) is 4.88. The fourth-order valence-electron chi connectivity index (χ4n) is 0.752. The third-order valence-electron chi connectivity index (χ3n) is 1.36. The molecular formula is C8H12O2. The van der Waals surface area contributed by atoms with Crippen molar-refractivity contribution in [2.75, 3.05) is 13.2 Å². The minimum Gasteiger partial charge on any atom is -0.370 e.